The van der Waals surface area contributed by atoms with E-state index in [1.54, 1.807) is 6.08 Å². The minimum absolute atomic E-state index is 0.193. The zero-order chi connectivity index (χ0) is 6.20. The van der Waals surface area contributed by atoms with Gasteiger partial charge in [-0.2, -0.15) is 0 Å². The highest BCUT2D eigenvalue weighted by molar-refractivity contribution is 5.07. The first kappa shape index (κ1) is 5.79. The molecule has 3 N–H and O–H groups in total. The Morgan fingerprint density at radius 3 is 2.38 bits per heavy atom. The summed E-state index contributed by atoms with van der Waals surface area (Å²) in [6, 6.07) is 0.193. The highest BCUT2D eigenvalue weighted by Gasteiger charge is 2.37. The quantitative estimate of drug-likeness (QED) is 0.471. The van der Waals surface area contributed by atoms with Gasteiger partial charge in [-0.15, -0.1) is 6.58 Å². The highest BCUT2D eigenvalue weighted by Crippen LogP contribution is 2.30. The van der Waals surface area contributed by atoms with Crippen molar-refractivity contribution in [2.24, 2.45) is 5.73 Å². The predicted octanol–water partition coefficient (Wildman–Crippen LogP) is 0.0246. The molecule has 0 radical (unpaired) electrons. The fourth-order valence-electron chi connectivity index (χ4n) is 1.01. The molecule has 0 saturated heterocycles. The molecular formula is C6H11NO. The SMILES string of the molecule is C=C[C@]1(O)C[C@@H](N)C1. The minimum Gasteiger partial charge on any atom is -0.386 e. The molecule has 0 aliphatic heterocycles. The Hall–Kier alpha value is -0.340. The summed E-state index contributed by atoms with van der Waals surface area (Å²) in [7, 11) is 0. The van der Waals surface area contributed by atoms with E-state index < -0.39 is 5.60 Å². The molecule has 0 bridgehead atoms. The molecule has 1 aliphatic rings. The van der Waals surface area contributed by atoms with Crippen LogP contribution in [-0.2, 0) is 0 Å². The molecule has 0 aromatic rings. The molecule has 0 unspecified atom stereocenters. The van der Waals surface area contributed by atoms with E-state index in [2.05, 4.69) is 6.58 Å². The van der Waals surface area contributed by atoms with Gasteiger partial charge in [0.2, 0.25) is 0 Å². The molecule has 0 spiro atoms. The molecule has 8 heavy (non-hydrogen) atoms. The van der Waals surface area contributed by atoms with Gasteiger partial charge < -0.3 is 10.8 Å². The summed E-state index contributed by atoms with van der Waals surface area (Å²) in [4.78, 5) is 0. The van der Waals surface area contributed by atoms with Crippen molar-refractivity contribution >= 4 is 0 Å². The summed E-state index contributed by atoms with van der Waals surface area (Å²) < 4.78 is 0. The van der Waals surface area contributed by atoms with Crippen LogP contribution in [0.1, 0.15) is 12.8 Å². The standard InChI is InChI=1S/C6H11NO/c1-2-6(8)3-5(7)4-6/h2,5,8H,1,3-4,7H2/t5-,6+. The van der Waals surface area contributed by atoms with E-state index >= 15 is 0 Å². The second-order valence-corrected chi connectivity index (χ2v) is 2.48. The van der Waals surface area contributed by atoms with Crippen molar-refractivity contribution in [1.82, 2.24) is 0 Å². The average Bonchev–Trinajstić information content (AvgIpc) is 1.63. The van der Waals surface area contributed by atoms with Crippen molar-refractivity contribution < 1.29 is 5.11 Å². The summed E-state index contributed by atoms with van der Waals surface area (Å²) >= 11 is 0. The number of rotatable bonds is 1. The lowest BCUT2D eigenvalue weighted by Crippen LogP contribution is -2.49. The molecule has 2 heteroatoms. The Kier molecular flexibility index (Phi) is 1.14. The van der Waals surface area contributed by atoms with Crippen LogP contribution in [0.2, 0.25) is 0 Å². The Bertz CT molecular complexity index is 105. The topological polar surface area (TPSA) is 46.2 Å². The first-order valence-corrected chi connectivity index (χ1v) is 2.78. The van der Waals surface area contributed by atoms with Crippen LogP contribution in [0, 0.1) is 0 Å². The molecule has 0 amide bonds. The van der Waals surface area contributed by atoms with E-state index in [0.29, 0.717) is 12.8 Å². The lowest BCUT2D eigenvalue weighted by atomic mass is 9.76. The molecule has 1 saturated carbocycles. The van der Waals surface area contributed by atoms with Gasteiger partial charge in [0.1, 0.15) is 0 Å². The van der Waals surface area contributed by atoms with E-state index in [1.807, 2.05) is 0 Å². The highest BCUT2D eigenvalue weighted by atomic mass is 16.3. The van der Waals surface area contributed by atoms with Gasteiger partial charge in [-0.3, -0.25) is 0 Å². The number of hydrogen-bond acceptors (Lipinski definition) is 2. The normalized spacial score (nSPS) is 45.5. The van der Waals surface area contributed by atoms with E-state index in [1.165, 1.54) is 0 Å². The van der Waals surface area contributed by atoms with Gasteiger partial charge >= 0.3 is 0 Å². The fraction of sp³-hybridized carbons (Fsp3) is 0.667. The van der Waals surface area contributed by atoms with Gasteiger partial charge in [-0.05, 0) is 12.8 Å². The number of hydrogen-bond donors (Lipinski definition) is 2. The number of aliphatic hydroxyl groups is 1. The van der Waals surface area contributed by atoms with Gasteiger partial charge in [-0.1, -0.05) is 6.08 Å². The van der Waals surface area contributed by atoms with Crippen molar-refractivity contribution in [2.75, 3.05) is 0 Å². The Morgan fingerprint density at radius 1 is 1.75 bits per heavy atom. The maximum Gasteiger partial charge on any atom is 0.0854 e. The van der Waals surface area contributed by atoms with E-state index in [9.17, 15) is 5.11 Å². The zero-order valence-electron chi connectivity index (χ0n) is 4.80. The van der Waals surface area contributed by atoms with Gasteiger partial charge in [0.05, 0.1) is 5.60 Å². The Morgan fingerprint density at radius 2 is 2.25 bits per heavy atom. The van der Waals surface area contributed by atoms with Crippen LogP contribution in [-0.4, -0.2) is 16.7 Å². The van der Waals surface area contributed by atoms with Crippen LogP contribution in [0.5, 0.6) is 0 Å². The van der Waals surface area contributed by atoms with Crippen LogP contribution in [0.3, 0.4) is 0 Å². The summed E-state index contributed by atoms with van der Waals surface area (Å²) in [6.45, 7) is 3.48. The molecule has 46 valence electrons. The third kappa shape index (κ3) is 0.767. The van der Waals surface area contributed by atoms with Crippen LogP contribution < -0.4 is 5.73 Å². The second kappa shape index (κ2) is 1.57. The van der Waals surface area contributed by atoms with E-state index in [0.717, 1.165) is 0 Å². The van der Waals surface area contributed by atoms with Crippen LogP contribution >= 0.6 is 0 Å². The van der Waals surface area contributed by atoms with Gasteiger partial charge in [-0.25, -0.2) is 0 Å². The lowest BCUT2D eigenvalue weighted by molar-refractivity contribution is -0.000502. The molecule has 0 aromatic heterocycles. The first-order valence-electron chi connectivity index (χ1n) is 2.78. The molecule has 1 fully saturated rings. The predicted molar refractivity (Wildman–Crippen MR) is 32.4 cm³/mol. The minimum atomic E-state index is -0.626. The van der Waals surface area contributed by atoms with Crippen LogP contribution in [0.4, 0.5) is 0 Å². The largest absolute Gasteiger partial charge is 0.386 e. The van der Waals surface area contributed by atoms with Crippen molar-refractivity contribution in [3.05, 3.63) is 12.7 Å². The molecule has 0 heterocycles. The Labute approximate surface area is 49.0 Å². The maximum atomic E-state index is 9.19. The van der Waals surface area contributed by atoms with Gasteiger partial charge in [0.25, 0.3) is 0 Å². The van der Waals surface area contributed by atoms with Gasteiger partial charge in [0.15, 0.2) is 0 Å². The average molecular weight is 113 g/mol. The molecular weight excluding hydrogens is 102 g/mol. The molecule has 1 aliphatic carbocycles. The summed E-state index contributed by atoms with van der Waals surface area (Å²) in [6.07, 6.45) is 2.92. The summed E-state index contributed by atoms with van der Waals surface area (Å²) in [5.74, 6) is 0. The number of nitrogens with two attached hydrogens (primary N) is 1. The fourth-order valence-corrected chi connectivity index (χ4v) is 1.01. The molecule has 2 nitrogen and oxygen atoms in total. The smallest absolute Gasteiger partial charge is 0.0854 e. The van der Waals surface area contributed by atoms with E-state index in [4.69, 9.17) is 5.73 Å². The summed E-state index contributed by atoms with van der Waals surface area (Å²) in [5.41, 5.74) is 4.80. The summed E-state index contributed by atoms with van der Waals surface area (Å²) in [5, 5.41) is 9.19. The molecule has 0 aromatic carbocycles. The van der Waals surface area contributed by atoms with Crippen molar-refractivity contribution in [1.29, 1.82) is 0 Å². The first-order chi connectivity index (χ1) is 3.66. The molecule has 0 atom stereocenters. The Balaban J connectivity index is 2.40. The van der Waals surface area contributed by atoms with Crippen LogP contribution in [0.25, 0.3) is 0 Å². The van der Waals surface area contributed by atoms with Crippen molar-refractivity contribution in [3.8, 4) is 0 Å². The third-order valence-corrected chi connectivity index (χ3v) is 1.61. The monoisotopic (exact) mass is 113 g/mol. The van der Waals surface area contributed by atoms with Crippen molar-refractivity contribution in [2.45, 2.75) is 24.5 Å². The third-order valence-electron chi connectivity index (χ3n) is 1.61. The van der Waals surface area contributed by atoms with Crippen LogP contribution in [0.15, 0.2) is 12.7 Å². The lowest BCUT2D eigenvalue weighted by Gasteiger charge is -2.39. The zero-order valence-corrected chi connectivity index (χ0v) is 4.80. The van der Waals surface area contributed by atoms with E-state index in [-0.39, 0.29) is 6.04 Å². The molecule has 1 rings (SSSR count). The van der Waals surface area contributed by atoms with Crippen molar-refractivity contribution in [3.63, 3.8) is 0 Å². The maximum absolute atomic E-state index is 9.19. The van der Waals surface area contributed by atoms with Gasteiger partial charge in [0, 0.05) is 6.04 Å². The second-order valence-electron chi connectivity index (χ2n) is 2.48.